The van der Waals surface area contributed by atoms with E-state index in [0.29, 0.717) is 24.9 Å². The lowest BCUT2D eigenvalue weighted by Crippen LogP contribution is -2.40. The molecule has 0 aliphatic rings. The van der Waals surface area contributed by atoms with E-state index < -0.39 is 11.6 Å². The van der Waals surface area contributed by atoms with Crippen molar-refractivity contribution in [3.8, 4) is 5.75 Å². The number of guanidine groups is 1. The minimum absolute atomic E-state index is 0. The minimum atomic E-state index is -0.919. The highest BCUT2D eigenvalue weighted by Gasteiger charge is 2.03. The van der Waals surface area contributed by atoms with Crippen LogP contribution in [0.1, 0.15) is 0 Å². The van der Waals surface area contributed by atoms with E-state index in [1.165, 1.54) is 6.07 Å². The molecule has 2 N–H and O–H groups in total. The minimum Gasteiger partial charge on any atom is -0.492 e. The summed E-state index contributed by atoms with van der Waals surface area (Å²) >= 11 is 0. The maximum Gasteiger partial charge on any atom is 0.191 e. The van der Waals surface area contributed by atoms with Gasteiger partial charge in [0, 0.05) is 38.6 Å². The Morgan fingerprint density at radius 1 is 1.12 bits per heavy atom. The SMILES string of the molecule is CN=C(NCCOc1ccc(F)c(F)c1)NCCn1cccc1.I. The normalized spacial score (nSPS) is 10.9. The molecule has 132 valence electrons. The van der Waals surface area contributed by atoms with Crippen molar-refractivity contribution in [3.63, 3.8) is 0 Å². The maximum atomic E-state index is 13.0. The molecule has 1 aromatic carbocycles. The van der Waals surface area contributed by atoms with Gasteiger partial charge in [-0.3, -0.25) is 4.99 Å². The van der Waals surface area contributed by atoms with E-state index in [4.69, 9.17) is 4.74 Å². The van der Waals surface area contributed by atoms with E-state index in [2.05, 4.69) is 20.2 Å². The Morgan fingerprint density at radius 3 is 2.50 bits per heavy atom. The van der Waals surface area contributed by atoms with Gasteiger partial charge < -0.3 is 19.9 Å². The van der Waals surface area contributed by atoms with E-state index in [1.54, 1.807) is 7.05 Å². The van der Waals surface area contributed by atoms with Crippen molar-refractivity contribution < 1.29 is 13.5 Å². The molecule has 0 saturated heterocycles. The van der Waals surface area contributed by atoms with Gasteiger partial charge in [-0.05, 0) is 24.3 Å². The highest BCUT2D eigenvalue weighted by Crippen LogP contribution is 2.14. The van der Waals surface area contributed by atoms with E-state index in [0.717, 1.165) is 25.2 Å². The zero-order valence-electron chi connectivity index (χ0n) is 13.3. The quantitative estimate of drug-likeness (QED) is 0.295. The molecule has 0 amide bonds. The van der Waals surface area contributed by atoms with Crippen molar-refractivity contribution in [2.75, 3.05) is 26.7 Å². The first-order valence-corrected chi connectivity index (χ1v) is 7.32. The van der Waals surface area contributed by atoms with Crippen LogP contribution in [0.5, 0.6) is 5.75 Å². The number of nitrogens with zero attached hydrogens (tertiary/aromatic N) is 2. The second kappa shape index (κ2) is 10.8. The first-order chi connectivity index (χ1) is 11.2. The molecule has 0 saturated carbocycles. The second-order valence-electron chi connectivity index (χ2n) is 4.77. The number of aromatic nitrogens is 1. The average Bonchev–Trinajstić information content (AvgIpc) is 3.06. The third kappa shape index (κ3) is 6.73. The number of aliphatic imine (C=N–C) groups is 1. The third-order valence-corrected chi connectivity index (χ3v) is 3.11. The number of hydrogen-bond donors (Lipinski definition) is 2. The summed E-state index contributed by atoms with van der Waals surface area (Å²) < 4.78 is 33.2. The summed E-state index contributed by atoms with van der Waals surface area (Å²) in [4.78, 5) is 4.10. The zero-order chi connectivity index (χ0) is 16.5. The van der Waals surface area contributed by atoms with Gasteiger partial charge in [0.25, 0.3) is 0 Å². The van der Waals surface area contributed by atoms with Crippen molar-refractivity contribution in [3.05, 3.63) is 54.4 Å². The molecule has 0 bridgehead atoms. The van der Waals surface area contributed by atoms with Crippen molar-refractivity contribution in [2.24, 2.45) is 4.99 Å². The van der Waals surface area contributed by atoms with Crippen molar-refractivity contribution in [1.82, 2.24) is 15.2 Å². The number of nitrogens with one attached hydrogen (secondary N) is 2. The van der Waals surface area contributed by atoms with E-state index in [-0.39, 0.29) is 24.0 Å². The molecule has 8 heteroatoms. The molecule has 0 radical (unpaired) electrons. The predicted molar refractivity (Wildman–Crippen MR) is 101 cm³/mol. The van der Waals surface area contributed by atoms with Gasteiger partial charge in [-0.15, -0.1) is 24.0 Å². The molecule has 0 fully saturated rings. The summed E-state index contributed by atoms with van der Waals surface area (Å²) in [6.07, 6.45) is 3.99. The van der Waals surface area contributed by atoms with Crippen LogP contribution in [0.25, 0.3) is 0 Å². The number of halogens is 3. The molecule has 24 heavy (non-hydrogen) atoms. The summed E-state index contributed by atoms with van der Waals surface area (Å²) in [5.41, 5.74) is 0. The molecule has 1 aromatic heterocycles. The molecule has 0 aliphatic heterocycles. The summed E-state index contributed by atoms with van der Waals surface area (Å²) in [7, 11) is 1.68. The summed E-state index contributed by atoms with van der Waals surface area (Å²) in [6, 6.07) is 7.41. The van der Waals surface area contributed by atoms with Crippen molar-refractivity contribution in [2.45, 2.75) is 6.54 Å². The van der Waals surface area contributed by atoms with Crippen LogP contribution < -0.4 is 15.4 Å². The first kappa shape index (κ1) is 20.2. The van der Waals surface area contributed by atoms with Gasteiger partial charge in [-0.1, -0.05) is 0 Å². The number of rotatable bonds is 7. The fourth-order valence-electron chi connectivity index (χ4n) is 1.95. The van der Waals surface area contributed by atoms with Crippen LogP contribution in [-0.2, 0) is 6.54 Å². The highest BCUT2D eigenvalue weighted by molar-refractivity contribution is 14.0. The van der Waals surface area contributed by atoms with Crippen LogP contribution in [0.3, 0.4) is 0 Å². The Balaban J connectivity index is 0.00000288. The van der Waals surface area contributed by atoms with Gasteiger partial charge in [0.05, 0.1) is 6.54 Å². The highest BCUT2D eigenvalue weighted by atomic mass is 127. The molecular weight excluding hydrogens is 429 g/mol. The van der Waals surface area contributed by atoms with Crippen LogP contribution in [0.2, 0.25) is 0 Å². The summed E-state index contributed by atoms with van der Waals surface area (Å²) in [5, 5.41) is 6.26. The Bertz CT molecular complexity index is 635. The maximum absolute atomic E-state index is 13.0. The summed E-state index contributed by atoms with van der Waals surface area (Å²) in [6.45, 7) is 2.36. The molecule has 0 aliphatic carbocycles. The monoisotopic (exact) mass is 450 g/mol. The lowest BCUT2D eigenvalue weighted by molar-refractivity contribution is 0.318. The van der Waals surface area contributed by atoms with Gasteiger partial charge in [0.15, 0.2) is 17.6 Å². The molecular formula is C16H21F2IN4O. The molecule has 0 unspecified atom stereocenters. The molecule has 0 spiro atoms. The van der Waals surface area contributed by atoms with Gasteiger partial charge in [-0.25, -0.2) is 8.78 Å². The van der Waals surface area contributed by atoms with Crippen molar-refractivity contribution >= 4 is 29.9 Å². The summed E-state index contributed by atoms with van der Waals surface area (Å²) in [5.74, 6) is -0.854. The molecule has 0 atom stereocenters. The largest absolute Gasteiger partial charge is 0.492 e. The van der Waals surface area contributed by atoms with E-state index >= 15 is 0 Å². The van der Waals surface area contributed by atoms with Crippen LogP contribution >= 0.6 is 24.0 Å². The topological polar surface area (TPSA) is 50.6 Å². The standard InChI is InChI=1S/C16H20F2N4O.HI/c1-19-16(20-6-10-22-8-2-3-9-22)21-7-11-23-13-4-5-14(17)15(18)12-13;/h2-5,8-9,12H,6-7,10-11H2,1H3,(H2,19,20,21);1H. The molecule has 2 aromatic rings. The van der Waals surface area contributed by atoms with E-state index in [1.807, 2.05) is 24.5 Å². The van der Waals surface area contributed by atoms with Gasteiger partial charge in [0.2, 0.25) is 0 Å². The first-order valence-electron chi connectivity index (χ1n) is 7.32. The fourth-order valence-corrected chi connectivity index (χ4v) is 1.95. The van der Waals surface area contributed by atoms with Crippen LogP contribution in [0, 0.1) is 11.6 Å². The van der Waals surface area contributed by atoms with Gasteiger partial charge in [0.1, 0.15) is 12.4 Å². The van der Waals surface area contributed by atoms with Crippen LogP contribution in [0.4, 0.5) is 8.78 Å². The smallest absolute Gasteiger partial charge is 0.191 e. The third-order valence-electron chi connectivity index (χ3n) is 3.11. The Labute approximate surface area is 157 Å². The predicted octanol–water partition coefficient (Wildman–Crippen LogP) is 2.63. The molecule has 5 nitrogen and oxygen atoms in total. The number of hydrogen-bond acceptors (Lipinski definition) is 2. The molecule has 2 rings (SSSR count). The molecule has 1 heterocycles. The van der Waals surface area contributed by atoms with E-state index in [9.17, 15) is 8.78 Å². The van der Waals surface area contributed by atoms with Gasteiger partial charge >= 0.3 is 0 Å². The Hall–Kier alpha value is -1.84. The van der Waals surface area contributed by atoms with Crippen LogP contribution in [-0.4, -0.2) is 37.3 Å². The number of benzene rings is 1. The number of ether oxygens (including phenoxy) is 1. The average molecular weight is 450 g/mol. The zero-order valence-corrected chi connectivity index (χ0v) is 15.7. The van der Waals surface area contributed by atoms with Gasteiger partial charge in [-0.2, -0.15) is 0 Å². The fraction of sp³-hybridized carbons (Fsp3) is 0.312. The lowest BCUT2D eigenvalue weighted by atomic mass is 10.3. The Morgan fingerprint density at radius 2 is 1.83 bits per heavy atom. The van der Waals surface area contributed by atoms with Crippen LogP contribution in [0.15, 0.2) is 47.7 Å². The van der Waals surface area contributed by atoms with Crippen molar-refractivity contribution in [1.29, 1.82) is 0 Å². The Kier molecular flexibility index (Phi) is 9.13. The second-order valence-corrected chi connectivity index (χ2v) is 4.77. The lowest BCUT2D eigenvalue weighted by Gasteiger charge is -2.13.